The minimum absolute atomic E-state index is 0.464. The number of benzene rings is 9. The molecule has 0 radical (unpaired) electrons. The highest BCUT2D eigenvalue weighted by Crippen LogP contribution is 2.48. The lowest BCUT2D eigenvalue weighted by Gasteiger charge is -2.19. The lowest BCUT2D eigenvalue weighted by atomic mass is 9.84. The molecule has 0 saturated heterocycles. The molecule has 0 atom stereocenters. The van der Waals surface area contributed by atoms with E-state index >= 15 is 0 Å². The van der Waals surface area contributed by atoms with E-state index in [4.69, 9.17) is 0 Å². The van der Waals surface area contributed by atoms with E-state index in [1.165, 1.54) is 115 Å². The molecule has 11 rings (SSSR count). The maximum Gasteiger partial charge on any atom is 0.0620 e. The number of hydrogen-bond donors (Lipinski definition) is 0. The zero-order chi connectivity index (χ0) is 38.4. The molecule has 0 amide bonds. The van der Waals surface area contributed by atoms with Gasteiger partial charge in [-0.05, 0) is 138 Å². The predicted octanol–water partition coefficient (Wildman–Crippen LogP) is 16.1. The standard InChI is InChI=1S/C56H43N/c1-34(2)39-20-22-41-32-53-49(28-43(41)24-39)51-30-46(31-52-50-29-44-25-40(35(3)4)21-23-42(44)33-54(50)57(53)56(51)52)55-47(37-16-10-6-11-17-37)26-45(36-14-8-5-9-15-36)27-48(55)38-18-12-7-13-19-38/h5-35H,1-4H3. The number of hydrogen-bond acceptors (Lipinski definition) is 0. The van der Waals surface area contributed by atoms with Gasteiger partial charge in [0, 0.05) is 21.5 Å². The van der Waals surface area contributed by atoms with E-state index < -0.39 is 0 Å². The van der Waals surface area contributed by atoms with E-state index in [2.05, 4.69) is 208 Å². The SMILES string of the molecule is CC(C)c1ccc2cc3c(cc2c1)c1cc(-c2c(-c4ccccc4)cc(-c4ccccc4)cc2-c2ccccc2)cc2c4cc5cc(C(C)C)ccc5cc4n3c12. The second-order valence-corrected chi connectivity index (χ2v) is 16.6. The Kier molecular flexibility index (Phi) is 7.63. The van der Waals surface area contributed by atoms with E-state index in [1.54, 1.807) is 0 Å². The van der Waals surface area contributed by atoms with Gasteiger partial charge in [0.2, 0.25) is 0 Å². The minimum Gasteiger partial charge on any atom is -0.308 e. The molecule has 0 aliphatic rings. The zero-order valence-corrected chi connectivity index (χ0v) is 32.8. The molecule has 9 aromatic carbocycles. The van der Waals surface area contributed by atoms with E-state index in [-0.39, 0.29) is 0 Å². The van der Waals surface area contributed by atoms with Crippen molar-refractivity contribution in [2.24, 2.45) is 0 Å². The van der Waals surface area contributed by atoms with Crippen LogP contribution in [0.15, 0.2) is 176 Å². The first kappa shape index (κ1) is 33.6. The van der Waals surface area contributed by atoms with E-state index in [0.717, 1.165) is 0 Å². The molecular formula is C56H43N. The van der Waals surface area contributed by atoms with Crippen LogP contribution in [0.25, 0.3) is 104 Å². The van der Waals surface area contributed by atoms with Crippen molar-refractivity contribution >= 4 is 59.6 Å². The smallest absolute Gasteiger partial charge is 0.0620 e. The Morgan fingerprint density at radius 1 is 0.333 bits per heavy atom. The molecule has 0 spiro atoms. The van der Waals surface area contributed by atoms with Gasteiger partial charge in [-0.1, -0.05) is 155 Å². The van der Waals surface area contributed by atoms with Crippen LogP contribution in [0.5, 0.6) is 0 Å². The second-order valence-electron chi connectivity index (χ2n) is 16.6. The summed E-state index contributed by atoms with van der Waals surface area (Å²) >= 11 is 0. The van der Waals surface area contributed by atoms with Crippen molar-refractivity contribution in [2.45, 2.75) is 39.5 Å². The number of rotatable bonds is 6. The molecule has 0 saturated carbocycles. The third-order valence-corrected chi connectivity index (χ3v) is 12.4. The maximum absolute atomic E-state index is 2.55. The lowest BCUT2D eigenvalue weighted by molar-refractivity contribution is 0.869. The number of nitrogens with zero attached hydrogens (tertiary/aromatic N) is 1. The monoisotopic (exact) mass is 729 g/mol. The van der Waals surface area contributed by atoms with Crippen LogP contribution in [0.4, 0.5) is 0 Å². The molecule has 2 aromatic heterocycles. The van der Waals surface area contributed by atoms with Gasteiger partial charge in [0.25, 0.3) is 0 Å². The molecule has 11 aromatic rings. The Bertz CT molecular complexity index is 3120. The third kappa shape index (κ3) is 5.37. The summed E-state index contributed by atoms with van der Waals surface area (Å²) in [7, 11) is 0. The summed E-state index contributed by atoms with van der Waals surface area (Å²) < 4.78 is 2.55. The Morgan fingerprint density at radius 3 is 1.21 bits per heavy atom. The van der Waals surface area contributed by atoms with Gasteiger partial charge < -0.3 is 4.40 Å². The topological polar surface area (TPSA) is 4.41 Å². The van der Waals surface area contributed by atoms with Crippen molar-refractivity contribution in [1.29, 1.82) is 0 Å². The maximum atomic E-state index is 2.55. The lowest BCUT2D eigenvalue weighted by Crippen LogP contribution is -1.93. The minimum atomic E-state index is 0.464. The predicted molar refractivity (Wildman–Crippen MR) is 246 cm³/mol. The van der Waals surface area contributed by atoms with Crippen LogP contribution < -0.4 is 0 Å². The van der Waals surface area contributed by atoms with Gasteiger partial charge in [0.15, 0.2) is 0 Å². The van der Waals surface area contributed by atoms with Gasteiger partial charge in [-0.15, -0.1) is 0 Å². The van der Waals surface area contributed by atoms with Crippen LogP contribution in [-0.2, 0) is 0 Å². The fourth-order valence-electron chi connectivity index (χ4n) is 9.37. The van der Waals surface area contributed by atoms with E-state index in [1.807, 2.05) is 0 Å². The fraction of sp³-hybridized carbons (Fsp3) is 0.107. The van der Waals surface area contributed by atoms with Crippen molar-refractivity contribution < 1.29 is 0 Å². The molecule has 2 heterocycles. The summed E-state index contributed by atoms with van der Waals surface area (Å²) in [5.41, 5.74) is 16.4. The molecule has 0 aliphatic heterocycles. The Balaban J connectivity index is 1.31. The van der Waals surface area contributed by atoms with Gasteiger partial charge in [0.05, 0.1) is 16.6 Å². The van der Waals surface area contributed by atoms with Crippen LogP contribution in [0.3, 0.4) is 0 Å². The van der Waals surface area contributed by atoms with Gasteiger partial charge >= 0.3 is 0 Å². The average molecular weight is 730 g/mol. The van der Waals surface area contributed by atoms with E-state index in [9.17, 15) is 0 Å². The normalized spacial score (nSPS) is 12.2. The number of aromatic nitrogens is 1. The van der Waals surface area contributed by atoms with Crippen LogP contribution in [0.2, 0.25) is 0 Å². The molecule has 0 N–H and O–H groups in total. The highest BCUT2D eigenvalue weighted by atomic mass is 14.9. The molecule has 1 nitrogen and oxygen atoms in total. The Hall–Kier alpha value is -6.70. The van der Waals surface area contributed by atoms with Gasteiger partial charge in [-0.25, -0.2) is 0 Å². The van der Waals surface area contributed by atoms with Crippen molar-refractivity contribution in [3.63, 3.8) is 0 Å². The summed E-state index contributed by atoms with van der Waals surface area (Å²) in [6.07, 6.45) is 0. The van der Waals surface area contributed by atoms with Gasteiger partial charge in [0.1, 0.15) is 0 Å². The average Bonchev–Trinajstić information content (AvgIpc) is 3.75. The fourth-order valence-corrected chi connectivity index (χ4v) is 9.37. The van der Waals surface area contributed by atoms with Crippen LogP contribution >= 0.6 is 0 Å². The third-order valence-electron chi connectivity index (χ3n) is 12.4. The first-order valence-corrected chi connectivity index (χ1v) is 20.4. The largest absolute Gasteiger partial charge is 0.308 e. The molecule has 0 unspecified atom stereocenters. The summed E-state index contributed by atoms with van der Waals surface area (Å²) in [6.45, 7) is 9.13. The Morgan fingerprint density at radius 2 is 0.772 bits per heavy atom. The number of fused-ring (bicyclic) bond motifs is 8. The molecule has 0 aliphatic carbocycles. The highest BCUT2D eigenvalue weighted by molar-refractivity contribution is 6.27. The van der Waals surface area contributed by atoms with E-state index in [0.29, 0.717) is 11.8 Å². The van der Waals surface area contributed by atoms with Crippen LogP contribution in [0.1, 0.15) is 50.7 Å². The zero-order valence-electron chi connectivity index (χ0n) is 32.8. The molecule has 0 bridgehead atoms. The van der Waals surface area contributed by atoms with Crippen LogP contribution in [0, 0.1) is 0 Å². The van der Waals surface area contributed by atoms with Crippen molar-refractivity contribution in [2.75, 3.05) is 0 Å². The first-order valence-electron chi connectivity index (χ1n) is 20.4. The summed E-state index contributed by atoms with van der Waals surface area (Å²) in [4.78, 5) is 0. The second kappa shape index (κ2) is 12.9. The Labute approximate surface area is 333 Å². The van der Waals surface area contributed by atoms with Crippen molar-refractivity contribution in [3.05, 3.63) is 187 Å². The molecule has 0 fully saturated rings. The summed E-state index contributed by atoms with van der Waals surface area (Å²) in [5, 5.41) is 10.3. The molecule has 57 heavy (non-hydrogen) atoms. The van der Waals surface area contributed by atoms with Crippen molar-refractivity contribution in [1.82, 2.24) is 4.40 Å². The van der Waals surface area contributed by atoms with Crippen LogP contribution in [-0.4, -0.2) is 4.40 Å². The molecule has 272 valence electrons. The van der Waals surface area contributed by atoms with Gasteiger partial charge in [-0.2, -0.15) is 0 Å². The first-order chi connectivity index (χ1) is 27.9. The van der Waals surface area contributed by atoms with Gasteiger partial charge in [-0.3, -0.25) is 0 Å². The summed E-state index contributed by atoms with van der Waals surface area (Å²) in [5.74, 6) is 0.929. The van der Waals surface area contributed by atoms with Crippen molar-refractivity contribution in [3.8, 4) is 44.5 Å². The quantitative estimate of drug-likeness (QED) is 0.161. The highest BCUT2D eigenvalue weighted by Gasteiger charge is 2.24. The summed E-state index contributed by atoms with van der Waals surface area (Å²) in [6, 6.07) is 66.4. The molecule has 1 heteroatoms. The molecular weight excluding hydrogens is 687 g/mol.